The van der Waals surface area contributed by atoms with E-state index < -0.39 is 22.0 Å². The molecule has 1 aliphatic rings. The van der Waals surface area contributed by atoms with Crippen LogP contribution in [0, 0.1) is 11.8 Å². The number of rotatable bonds is 9. The molecule has 0 radical (unpaired) electrons. The van der Waals surface area contributed by atoms with Crippen LogP contribution in [0.3, 0.4) is 0 Å². The normalized spacial score (nSPS) is 18.0. The Hall–Kier alpha value is -2.71. The van der Waals surface area contributed by atoms with Crippen molar-refractivity contribution in [1.29, 1.82) is 0 Å². The van der Waals surface area contributed by atoms with Gasteiger partial charge in [-0.05, 0) is 36.5 Å². The largest absolute Gasteiger partial charge is 0.354 e. The molecule has 0 saturated carbocycles. The lowest BCUT2D eigenvalue weighted by molar-refractivity contribution is -0.131. The molecule has 0 aromatic heterocycles. The molecule has 1 aliphatic heterocycles. The maximum absolute atomic E-state index is 13.1. The molecule has 1 saturated heterocycles. The van der Waals surface area contributed by atoms with Gasteiger partial charge in [0, 0.05) is 26.1 Å². The first kappa shape index (κ1) is 24.9. The summed E-state index contributed by atoms with van der Waals surface area (Å²) >= 11 is 0. The highest BCUT2D eigenvalue weighted by atomic mass is 32.2. The van der Waals surface area contributed by atoms with Crippen molar-refractivity contribution in [2.24, 2.45) is 11.8 Å². The predicted octanol–water partition coefficient (Wildman–Crippen LogP) is 2.59. The van der Waals surface area contributed by atoms with Crippen molar-refractivity contribution >= 4 is 21.8 Å². The van der Waals surface area contributed by atoms with E-state index in [2.05, 4.69) is 10.6 Å². The lowest BCUT2D eigenvalue weighted by Crippen LogP contribution is -2.52. The number of hydrogen-bond acceptors (Lipinski definition) is 4. The maximum atomic E-state index is 13.1. The number of amides is 2. The van der Waals surface area contributed by atoms with E-state index in [0.29, 0.717) is 32.4 Å². The van der Waals surface area contributed by atoms with Gasteiger partial charge in [-0.3, -0.25) is 9.59 Å². The third-order valence-corrected chi connectivity index (χ3v) is 7.62. The Morgan fingerprint density at radius 3 is 2.30 bits per heavy atom. The molecule has 2 atom stereocenters. The highest BCUT2D eigenvalue weighted by Crippen LogP contribution is 2.24. The third kappa shape index (κ3) is 6.88. The van der Waals surface area contributed by atoms with Gasteiger partial charge < -0.3 is 10.6 Å². The molecule has 0 unspecified atom stereocenters. The van der Waals surface area contributed by atoms with Crippen LogP contribution in [0.5, 0.6) is 0 Å². The summed E-state index contributed by atoms with van der Waals surface area (Å²) in [6.07, 6.45) is 1.54. The standard InChI is InChI=1S/C25H33N3O4S/c1-19(2)17-26-25(30)23(16-20-10-5-3-6-11-20)27-24(29)21-12-9-15-28(18-21)33(31,32)22-13-7-4-8-14-22/h3-8,10-11,13-14,19,21,23H,9,12,15-18H2,1-2H3,(H,26,30)(H,27,29)/t21-,23+/m1/s1. The van der Waals surface area contributed by atoms with Crippen LogP contribution in [0.25, 0.3) is 0 Å². The number of benzene rings is 2. The lowest BCUT2D eigenvalue weighted by Gasteiger charge is -2.32. The first-order valence-corrected chi connectivity index (χ1v) is 12.9. The Balaban J connectivity index is 1.70. The molecular weight excluding hydrogens is 438 g/mol. The second kappa shape index (κ2) is 11.4. The van der Waals surface area contributed by atoms with Crippen molar-refractivity contribution in [2.75, 3.05) is 19.6 Å². The van der Waals surface area contributed by atoms with E-state index in [9.17, 15) is 18.0 Å². The van der Waals surface area contributed by atoms with Crippen molar-refractivity contribution in [1.82, 2.24) is 14.9 Å². The quantitative estimate of drug-likeness (QED) is 0.588. The van der Waals surface area contributed by atoms with Gasteiger partial charge in [-0.1, -0.05) is 62.4 Å². The van der Waals surface area contributed by atoms with E-state index in [-0.39, 0.29) is 29.2 Å². The summed E-state index contributed by atoms with van der Waals surface area (Å²) in [5.41, 5.74) is 0.944. The Bertz CT molecular complexity index is 1030. The predicted molar refractivity (Wildman–Crippen MR) is 128 cm³/mol. The molecule has 3 rings (SSSR count). The van der Waals surface area contributed by atoms with Crippen LogP contribution in [0.15, 0.2) is 65.6 Å². The van der Waals surface area contributed by atoms with Crippen LogP contribution < -0.4 is 10.6 Å². The second-order valence-corrected chi connectivity index (χ2v) is 10.8. The van der Waals surface area contributed by atoms with Crippen molar-refractivity contribution in [3.63, 3.8) is 0 Å². The number of sulfonamides is 1. The Kier molecular flexibility index (Phi) is 8.63. The zero-order valence-electron chi connectivity index (χ0n) is 19.2. The smallest absolute Gasteiger partial charge is 0.243 e. The molecule has 1 heterocycles. The highest BCUT2D eigenvalue weighted by molar-refractivity contribution is 7.89. The van der Waals surface area contributed by atoms with Gasteiger partial charge in [0.25, 0.3) is 0 Å². The third-order valence-electron chi connectivity index (χ3n) is 5.74. The van der Waals surface area contributed by atoms with Crippen LogP contribution in [0.4, 0.5) is 0 Å². The average molecular weight is 472 g/mol. The summed E-state index contributed by atoms with van der Waals surface area (Å²) in [6, 6.07) is 17.1. The molecule has 0 spiro atoms. The summed E-state index contributed by atoms with van der Waals surface area (Å²) in [4.78, 5) is 26.2. The van der Waals surface area contributed by atoms with Gasteiger partial charge in [0.15, 0.2) is 0 Å². The SMILES string of the molecule is CC(C)CNC(=O)[C@H](Cc1ccccc1)NC(=O)[C@@H]1CCCN(S(=O)(=O)c2ccccc2)C1. The van der Waals surface area contributed by atoms with Crippen molar-refractivity contribution in [3.8, 4) is 0 Å². The van der Waals surface area contributed by atoms with Crippen LogP contribution in [0.1, 0.15) is 32.3 Å². The first-order chi connectivity index (χ1) is 15.8. The molecule has 2 N–H and O–H groups in total. The number of nitrogens with zero attached hydrogens (tertiary/aromatic N) is 1. The molecule has 178 valence electrons. The number of carbonyl (C=O) groups excluding carboxylic acids is 2. The minimum Gasteiger partial charge on any atom is -0.354 e. The zero-order chi connectivity index (χ0) is 23.8. The molecule has 0 bridgehead atoms. The maximum Gasteiger partial charge on any atom is 0.243 e. The monoisotopic (exact) mass is 471 g/mol. The van der Waals surface area contributed by atoms with Crippen molar-refractivity contribution < 1.29 is 18.0 Å². The first-order valence-electron chi connectivity index (χ1n) is 11.4. The Morgan fingerprint density at radius 2 is 1.67 bits per heavy atom. The number of nitrogens with one attached hydrogen (secondary N) is 2. The number of piperidine rings is 1. The van der Waals surface area contributed by atoms with E-state index >= 15 is 0 Å². The molecule has 1 fully saturated rings. The van der Waals surface area contributed by atoms with Gasteiger partial charge in [0.2, 0.25) is 21.8 Å². The molecule has 7 nitrogen and oxygen atoms in total. The number of hydrogen-bond donors (Lipinski definition) is 2. The Morgan fingerprint density at radius 1 is 1.03 bits per heavy atom. The average Bonchev–Trinajstić information content (AvgIpc) is 2.83. The molecule has 0 aliphatic carbocycles. The fourth-order valence-corrected chi connectivity index (χ4v) is 5.44. The zero-order valence-corrected chi connectivity index (χ0v) is 20.1. The van der Waals surface area contributed by atoms with E-state index in [0.717, 1.165) is 5.56 Å². The summed E-state index contributed by atoms with van der Waals surface area (Å²) < 4.78 is 27.4. The summed E-state index contributed by atoms with van der Waals surface area (Å²) in [7, 11) is -3.67. The van der Waals surface area contributed by atoms with Gasteiger partial charge in [0.05, 0.1) is 10.8 Å². The van der Waals surface area contributed by atoms with E-state index in [4.69, 9.17) is 0 Å². The molecule has 33 heavy (non-hydrogen) atoms. The second-order valence-electron chi connectivity index (χ2n) is 8.91. The van der Waals surface area contributed by atoms with E-state index in [1.165, 1.54) is 4.31 Å². The van der Waals surface area contributed by atoms with Crippen LogP contribution in [-0.2, 0) is 26.0 Å². The summed E-state index contributed by atoms with van der Waals surface area (Å²) in [5.74, 6) is -0.736. The molecule has 2 amide bonds. The van der Waals surface area contributed by atoms with Gasteiger partial charge in [-0.25, -0.2) is 8.42 Å². The summed E-state index contributed by atoms with van der Waals surface area (Å²) in [6.45, 7) is 5.02. The lowest BCUT2D eigenvalue weighted by atomic mass is 9.97. The minimum absolute atomic E-state index is 0.106. The Labute approximate surface area is 196 Å². The van der Waals surface area contributed by atoms with Gasteiger partial charge in [0.1, 0.15) is 6.04 Å². The fourth-order valence-electron chi connectivity index (χ4n) is 3.89. The van der Waals surface area contributed by atoms with E-state index in [1.807, 2.05) is 44.2 Å². The fraction of sp³-hybridized carbons (Fsp3) is 0.440. The van der Waals surface area contributed by atoms with Gasteiger partial charge in [-0.2, -0.15) is 4.31 Å². The summed E-state index contributed by atoms with van der Waals surface area (Å²) in [5, 5.41) is 5.80. The molecular formula is C25H33N3O4S. The van der Waals surface area contributed by atoms with E-state index in [1.54, 1.807) is 30.3 Å². The molecule has 8 heteroatoms. The van der Waals surface area contributed by atoms with Crippen LogP contribution in [0.2, 0.25) is 0 Å². The van der Waals surface area contributed by atoms with Crippen molar-refractivity contribution in [3.05, 3.63) is 66.2 Å². The minimum atomic E-state index is -3.67. The molecule has 2 aromatic carbocycles. The highest BCUT2D eigenvalue weighted by Gasteiger charge is 2.34. The topological polar surface area (TPSA) is 95.6 Å². The van der Waals surface area contributed by atoms with Gasteiger partial charge in [-0.15, -0.1) is 0 Å². The van der Waals surface area contributed by atoms with Gasteiger partial charge >= 0.3 is 0 Å². The van der Waals surface area contributed by atoms with Crippen LogP contribution in [-0.4, -0.2) is 50.2 Å². The number of carbonyl (C=O) groups is 2. The molecule has 2 aromatic rings. The van der Waals surface area contributed by atoms with Crippen molar-refractivity contribution in [2.45, 2.75) is 44.0 Å². The van der Waals surface area contributed by atoms with Crippen LogP contribution >= 0.6 is 0 Å².